The number of hydrogen-bond donors (Lipinski definition) is 2. The third-order valence-corrected chi connectivity index (χ3v) is 4.46. The fourth-order valence-corrected chi connectivity index (χ4v) is 3.19. The van der Waals surface area contributed by atoms with Gasteiger partial charge in [0, 0.05) is 22.7 Å². The monoisotopic (exact) mass is 388 g/mol. The molecule has 0 atom stereocenters. The first-order valence-electron chi connectivity index (χ1n) is 8.79. The van der Waals surface area contributed by atoms with Crippen LogP contribution in [0.5, 0.6) is 0 Å². The van der Waals surface area contributed by atoms with Crippen LogP contribution in [-0.2, 0) is 11.3 Å². The van der Waals surface area contributed by atoms with Gasteiger partial charge in [-0.2, -0.15) is 0 Å². The maximum atomic E-state index is 12.4. The van der Waals surface area contributed by atoms with Crippen molar-refractivity contribution in [1.82, 2.24) is 0 Å². The Morgan fingerprint density at radius 2 is 1.76 bits per heavy atom. The van der Waals surface area contributed by atoms with Crippen molar-refractivity contribution in [2.24, 2.45) is 5.73 Å². The minimum Gasteiger partial charge on any atom is -0.457 e. The van der Waals surface area contributed by atoms with Crippen molar-refractivity contribution < 1.29 is 18.7 Å². The van der Waals surface area contributed by atoms with E-state index in [1.807, 2.05) is 30.3 Å². The predicted octanol–water partition coefficient (Wildman–Crippen LogP) is 3.79. The highest BCUT2D eigenvalue weighted by molar-refractivity contribution is 6.07. The molecule has 0 aliphatic heterocycles. The molecule has 0 saturated carbocycles. The van der Waals surface area contributed by atoms with E-state index in [1.165, 1.54) is 18.2 Å². The third-order valence-electron chi connectivity index (χ3n) is 4.46. The van der Waals surface area contributed by atoms with Gasteiger partial charge in [-0.3, -0.25) is 0 Å². The van der Waals surface area contributed by atoms with Crippen molar-refractivity contribution in [3.8, 4) is 0 Å². The molecule has 0 aliphatic rings. The van der Waals surface area contributed by atoms with Crippen LogP contribution in [0.15, 0.2) is 75.9 Å². The van der Waals surface area contributed by atoms with Crippen LogP contribution in [0.1, 0.15) is 15.9 Å². The van der Waals surface area contributed by atoms with Crippen molar-refractivity contribution in [2.75, 3.05) is 5.32 Å². The molecule has 29 heavy (non-hydrogen) atoms. The number of anilines is 1. The molecule has 0 saturated heterocycles. The summed E-state index contributed by atoms with van der Waals surface area (Å²) in [5, 5.41) is 5.04. The first-order chi connectivity index (χ1) is 14.0. The molecule has 4 rings (SSSR count). The highest BCUT2D eigenvalue weighted by Crippen LogP contribution is 2.28. The van der Waals surface area contributed by atoms with Gasteiger partial charge in [0.05, 0.1) is 5.56 Å². The van der Waals surface area contributed by atoms with Crippen LogP contribution in [0.25, 0.3) is 21.7 Å². The van der Waals surface area contributed by atoms with Crippen LogP contribution in [0, 0.1) is 0 Å². The minimum absolute atomic E-state index is 0.0871. The smallest absolute Gasteiger partial charge is 0.338 e. The number of nitrogens with one attached hydrogen (secondary N) is 1. The number of nitrogens with two attached hydrogens (primary N) is 1. The Labute approximate surface area is 164 Å². The summed E-state index contributed by atoms with van der Waals surface area (Å²) in [5.74, 6) is -0.558. The van der Waals surface area contributed by atoms with E-state index in [0.717, 1.165) is 16.2 Å². The summed E-state index contributed by atoms with van der Waals surface area (Å²) < 4.78 is 10.7. The Kier molecular flexibility index (Phi) is 4.70. The standard InChI is InChI=1S/C22H16N2O5/c23-22(27)24-16-8-5-14(6-9-16)21(26)28-12-15-11-19(25)29-18-10-7-13-3-1-2-4-17(13)20(15)18/h1-11H,12H2,(H3,23,24,27). The molecule has 3 aromatic carbocycles. The maximum Gasteiger partial charge on any atom is 0.338 e. The third kappa shape index (κ3) is 3.79. The summed E-state index contributed by atoms with van der Waals surface area (Å²) in [6, 6.07) is 18.1. The van der Waals surface area contributed by atoms with E-state index in [2.05, 4.69) is 5.32 Å². The number of benzene rings is 3. The molecule has 0 radical (unpaired) electrons. The largest absolute Gasteiger partial charge is 0.457 e. The molecular weight excluding hydrogens is 372 g/mol. The molecule has 144 valence electrons. The fourth-order valence-electron chi connectivity index (χ4n) is 3.19. The molecule has 3 N–H and O–H groups in total. The number of urea groups is 1. The molecule has 0 fully saturated rings. The lowest BCUT2D eigenvalue weighted by atomic mass is 10.0. The number of carbonyl (C=O) groups excluding carboxylic acids is 2. The zero-order valence-corrected chi connectivity index (χ0v) is 15.2. The number of carbonyl (C=O) groups is 2. The van der Waals surface area contributed by atoms with E-state index in [4.69, 9.17) is 14.9 Å². The highest BCUT2D eigenvalue weighted by Gasteiger charge is 2.13. The number of amides is 2. The minimum atomic E-state index is -0.692. The van der Waals surface area contributed by atoms with E-state index in [-0.39, 0.29) is 6.61 Å². The lowest BCUT2D eigenvalue weighted by Crippen LogP contribution is -2.19. The van der Waals surface area contributed by atoms with Crippen molar-refractivity contribution in [2.45, 2.75) is 6.61 Å². The van der Waals surface area contributed by atoms with E-state index in [9.17, 15) is 14.4 Å². The van der Waals surface area contributed by atoms with Crippen LogP contribution in [-0.4, -0.2) is 12.0 Å². The van der Waals surface area contributed by atoms with E-state index in [0.29, 0.717) is 22.4 Å². The molecule has 0 unspecified atom stereocenters. The zero-order valence-electron chi connectivity index (χ0n) is 15.2. The van der Waals surface area contributed by atoms with Gasteiger partial charge < -0.3 is 20.2 Å². The van der Waals surface area contributed by atoms with E-state index >= 15 is 0 Å². The number of rotatable bonds is 4. The van der Waals surface area contributed by atoms with Gasteiger partial charge >= 0.3 is 17.6 Å². The summed E-state index contributed by atoms with van der Waals surface area (Å²) in [6.45, 7) is -0.0871. The molecule has 0 aliphatic carbocycles. The molecule has 2 amide bonds. The normalized spacial score (nSPS) is 10.8. The van der Waals surface area contributed by atoms with Gasteiger partial charge in [0.1, 0.15) is 12.2 Å². The van der Waals surface area contributed by atoms with Crippen LogP contribution in [0.3, 0.4) is 0 Å². The van der Waals surface area contributed by atoms with Gasteiger partial charge in [0.15, 0.2) is 0 Å². The van der Waals surface area contributed by atoms with Crippen molar-refractivity contribution in [3.63, 3.8) is 0 Å². The molecule has 4 aromatic rings. The van der Waals surface area contributed by atoms with Crippen molar-refractivity contribution in [1.29, 1.82) is 0 Å². The lowest BCUT2D eigenvalue weighted by Gasteiger charge is -2.10. The summed E-state index contributed by atoms with van der Waals surface area (Å²) in [7, 11) is 0. The Balaban J connectivity index is 1.62. The second-order valence-electron chi connectivity index (χ2n) is 6.39. The Bertz CT molecular complexity index is 1290. The molecule has 7 heteroatoms. The molecule has 7 nitrogen and oxygen atoms in total. The zero-order chi connectivity index (χ0) is 20.4. The van der Waals surface area contributed by atoms with Crippen molar-refractivity contribution >= 4 is 39.4 Å². The maximum absolute atomic E-state index is 12.4. The first-order valence-corrected chi connectivity index (χ1v) is 8.79. The molecule has 0 bridgehead atoms. The van der Waals surface area contributed by atoms with Gasteiger partial charge in [-0.05, 0) is 41.1 Å². The number of fused-ring (bicyclic) bond motifs is 3. The molecule has 1 heterocycles. The Hall–Kier alpha value is -4.13. The van der Waals surface area contributed by atoms with Gasteiger partial charge in [-0.25, -0.2) is 14.4 Å². The van der Waals surface area contributed by atoms with Crippen LogP contribution < -0.4 is 16.7 Å². The lowest BCUT2D eigenvalue weighted by molar-refractivity contribution is 0.0474. The van der Waals surface area contributed by atoms with E-state index in [1.54, 1.807) is 18.2 Å². The topological polar surface area (TPSA) is 112 Å². The fraction of sp³-hybridized carbons (Fsp3) is 0.0455. The molecule has 0 spiro atoms. The second-order valence-corrected chi connectivity index (χ2v) is 6.39. The average molecular weight is 388 g/mol. The van der Waals surface area contributed by atoms with Gasteiger partial charge in [0.2, 0.25) is 0 Å². The predicted molar refractivity (Wildman–Crippen MR) is 109 cm³/mol. The molecule has 1 aromatic heterocycles. The number of primary amides is 1. The van der Waals surface area contributed by atoms with Gasteiger partial charge in [-0.1, -0.05) is 30.3 Å². The quantitative estimate of drug-likeness (QED) is 0.314. The first kappa shape index (κ1) is 18.2. The van der Waals surface area contributed by atoms with Crippen LogP contribution in [0.2, 0.25) is 0 Å². The van der Waals surface area contributed by atoms with E-state index < -0.39 is 17.6 Å². The molecular formula is C22H16N2O5. The number of esters is 1. The average Bonchev–Trinajstić information content (AvgIpc) is 2.71. The van der Waals surface area contributed by atoms with Crippen molar-refractivity contribution in [3.05, 3.63) is 88.3 Å². The SMILES string of the molecule is NC(=O)Nc1ccc(C(=O)OCc2cc(=O)oc3ccc4ccccc4c23)cc1. The van der Waals surface area contributed by atoms with Gasteiger partial charge in [-0.15, -0.1) is 0 Å². The summed E-state index contributed by atoms with van der Waals surface area (Å²) in [5.41, 5.74) is 6.31. The highest BCUT2D eigenvalue weighted by atomic mass is 16.5. The number of ether oxygens (including phenoxy) is 1. The summed E-state index contributed by atoms with van der Waals surface area (Å²) >= 11 is 0. The second kappa shape index (κ2) is 7.47. The Morgan fingerprint density at radius 1 is 1.00 bits per heavy atom. The van der Waals surface area contributed by atoms with Crippen LogP contribution >= 0.6 is 0 Å². The number of hydrogen-bond acceptors (Lipinski definition) is 5. The summed E-state index contributed by atoms with van der Waals surface area (Å²) in [4.78, 5) is 35.2. The van der Waals surface area contributed by atoms with Crippen LogP contribution in [0.4, 0.5) is 10.5 Å². The Morgan fingerprint density at radius 3 is 2.52 bits per heavy atom. The summed E-state index contributed by atoms with van der Waals surface area (Å²) in [6.07, 6.45) is 0. The van der Waals surface area contributed by atoms with Gasteiger partial charge in [0.25, 0.3) is 0 Å².